The van der Waals surface area contributed by atoms with Crippen molar-refractivity contribution in [2.75, 3.05) is 31.6 Å². The summed E-state index contributed by atoms with van der Waals surface area (Å²) in [5.74, 6) is 0.945. The molecule has 0 aliphatic rings. The number of rotatable bonds is 11. The third kappa shape index (κ3) is 7.18. The van der Waals surface area contributed by atoms with Gasteiger partial charge in [0.15, 0.2) is 5.65 Å². The molecule has 0 N–H and O–H groups in total. The summed E-state index contributed by atoms with van der Waals surface area (Å²) in [6.07, 6.45) is 3.58. The second-order valence-corrected chi connectivity index (χ2v) is 20.4. The molecule has 0 spiro atoms. The van der Waals surface area contributed by atoms with Crippen LogP contribution in [0.15, 0.2) is 24.5 Å². The lowest BCUT2D eigenvalue weighted by atomic mass is 10.5. The van der Waals surface area contributed by atoms with Gasteiger partial charge in [-0.3, -0.25) is 0 Å². The van der Waals surface area contributed by atoms with E-state index < -0.39 is 16.1 Å². The lowest BCUT2D eigenvalue weighted by Crippen LogP contribution is -2.33. The van der Waals surface area contributed by atoms with E-state index in [1.54, 1.807) is 6.20 Å². The molecule has 6 nitrogen and oxygen atoms in total. The van der Waals surface area contributed by atoms with Crippen LogP contribution >= 0.6 is 0 Å². The number of nitrogens with zero attached hydrogens (tertiary/aromatic N) is 4. The lowest BCUT2D eigenvalue weighted by molar-refractivity contribution is 0.0942. The Bertz CT molecular complexity index is 658. The van der Waals surface area contributed by atoms with Gasteiger partial charge in [-0.25, -0.2) is 4.98 Å². The molecule has 0 bridgehead atoms. The number of hydrogen-bond donors (Lipinski definition) is 0. The van der Waals surface area contributed by atoms with Crippen LogP contribution in [0.5, 0.6) is 0 Å². The highest BCUT2D eigenvalue weighted by molar-refractivity contribution is 6.76. The van der Waals surface area contributed by atoms with Gasteiger partial charge in [-0.2, -0.15) is 9.61 Å². The van der Waals surface area contributed by atoms with Gasteiger partial charge >= 0.3 is 0 Å². The highest BCUT2D eigenvalue weighted by atomic mass is 28.3. The Morgan fingerprint density at radius 2 is 1.46 bits per heavy atom. The Kier molecular flexibility index (Phi) is 7.39. The first-order valence-electron chi connectivity index (χ1n) is 9.35. The molecular weight excluding hydrogens is 360 g/mol. The molecule has 2 aromatic heterocycles. The predicted octanol–water partition coefficient (Wildman–Crippen LogP) is 4.16. The molecule has 0 atom stereocenters. The summed E-state index contributed by atoms with van der Waals surface area (Å²) >= 11 is 0. The second-order valence-electron chi connectivity index (χ2n) is 9.14. The molecule has 2 aromatic rings. The van der Waals surface area contributed by atoms with Crippen molar-refractivity contribution in [2.45, 2.75) is 51.4 Å². The van der Waals surface area contributed by atoms with E-state index in [9.17, 15) is 0 Å². The maximum Gasteiger partial charge on any atom is 0.157 e. The van der Waals surface area contributed by atoms with Crippen LogP contribution in [-0.2, 0) is 9.47 Å². The molecule has 0 radical (unpaired) electrons. The van der Waals surface area contributed by atoms with Gasteiger partial charge in [-0.15, -0.1) is 0 Å². The molecule has 0 saturated heterocycles. The van der Waals surface area contributed by atoms with Gasteiger partial charge in [0, 0.05) is 41.6 Å². The Morgan fingerprint density at radius 3 is 2.00 bits per heavy atom. The van der Waals surface area contributed by atoms with E-state index >= 15 is 0 Å². The highest BCUT2D eigenvalue weighted by Crippen LogP contribution is 2.16. The van der Waals surface area contributed by atoms with Crippen molar-refractivity contribution in [3.05, 3.63) is 24.5 Å². The molecule has 0 aromatic carbocycles. The zero-order valence-corrected chi connectivity index (χ0v) is 19.2. The van der Waals surface area contributed by atoms with E-state index in [0.717, 1.165) is 36.8 Å². The number of anilines is 1. The third-order valence-corrected chi connectivity index (χ3v) is 7.49. The standard InChI is InChI=1S/C18H34N4O2Si2/c1-25(2,3)13-11-23-15-21(16-24-12-14-26(4,5)6)18-8-9-19-17-7-10-20-22(17)18/h7-10H,11-16H2,1-6H3. The van der Waals surface area contributed by atoms with Crippen molar-refractivity contribution >= 4 is 27.6 Å². The number of hydrogen-bond acceptors (Lipinski definition) is 5. The summed E-state index contributed by atoms with van der Waals surface area (Å²) in [6, 6.07) is 6.18. The zero-order chi connectivity index (χ0) is 19.2. The van der Waals surface area contributed by atoms with E-state index in [0.29, 0.717) is 13.5 Å². The van der Waals surface area contributed by atoms with Crippen molar-refractivity contribution in [1.29, 1.82) is 0 Å². The molecule has 0 aliphatic heterocycles. The molecule has 0 saturated carbocycles. The first-order valence-corrected chi connectivity index (χ1v) is 16.8. The summed E-state index contributed by atoms with van der Waals surface area (Å²) in [5.41, 5.74) is 0.830. The van der Waals surface area contributed by atoms with E-state index in [4.69, 9.17) is 9.47 Å². The molecule has 0 amide bonds. The van der Waals surface area contributed by atoms with Gasteiger partial charge in [0.2, 0.25) is 0 Å². The largest absolute Gasteiger partial charge is 0.361 e. The first-order chi connectivity index (χ1) is 12.2. The van der Waals surface area contributed by atoms with Crippen molar-refractivity contribution in [2.24, 2.45) is 0 Å². The molecule has 0 aliphatic carbocycles. The predicted molar refractivity (Wildman–Crippen MR) is 113 cm³/mol. The fraction of sp³-hybridized carbons (Fsp3) is 0.667. The van der Waals surface area contributed by atoms with Crippen LogP contribution in [0.2, 0.25) is 51.4 Å². The Hall–Kier alpha value is -1.23. The van der Waals surface area contributed by atoms with E-state index in [2.05, 4.69) is 54.3 Å². The molecule has 2 heterocycles. The molecule has 146 valence electrons. The van der Waals surface area contributed by atoms with Crippen LogP contribution < -0.4 is 4.90 Å². The number of fused-ring (bicyclic) bond motifs is 1. The molecule has 26 heavy (non-hydrogen) atoms. The summed E-state index contributed by atoms with van der Waals surface area (Å²) in [5, 5.41) is 4.39. The zero-order valence-electron chi connectivity index (χ0n) is 17.2. The minimum atomic E-state index is -1.09. The van der Waals surface area contributed by atoms with Gasteiger partial charge in [-0.1, -0.05) is 39.3 Å². The van der Waals surface area contributed by atoms with Gasteiger partial charge in [0.25, 0.3) is 0 Å². The van der Waals surface area contributed by atoms with Gasteiger partial charge < -0.3 is 14.4 Å². The van der Waals surface area contributed by atoms with Crippen molar-refractivity contribution in [3.8, 4) is 0 Å². The summed E-state index contributed by atoms with van der Waals surface area (Å²) < 4.78 is 13.8. The van der Waals surface area contributed by atoms with Gasteiger partial charge in [0.05, 0.1) is 6.20 Å². The molecule has 8 heteroatoms. The fourth-order valence-electron chi connectivity index (χ4n) is 2.34. The normalized spacial score (nSPS) is 12.7. The van der Waals surface area contributed by atoms with Crippen LogP contribution in [-0.4, -0.2) is 57.4 Å². The van der Waals surface area contributed by atoms with Crippen molar-refractivity contribution in [1.82, 2.24) is 14.6 Å². The monoisotopic (exact) mass is 394 g/mol. The fourth-order valence-corrected chi connectivity index (χ4v) is 3.85. The second kappa shape index (κ2) is 9.12. The van der Waals surface area contributed by atoms with E-state index in [1.165, 1.54) is 0 Å². The Labute approximate surface area is 159 Å². The molecular formula is C18H34N4O2Si2. The molecule has 0 unspecified atom stereocenters. The summed E-state index contributed by atoms with van der Waals surface area (Å²) in [4.78, 5) is 6.44. The van der Waals surface area contributed by atoms with Crippen LogP contribution in [0.4, 0.5) is 5.82 Å². The topological polar surface area (TPSA) is 51.9 Å². The smallest absolute Gasteiger partial charge is 0.157 e. The number of aromatic nitrogens is 3. The lowest BCUT2D eigenvalue weighted by Gasteiger charge is -2.26. The average molecular weight is 395 g/mol. The number of ether oxygens (including phenoxy) is 2. The maximum atomic E-state index is 5.98. The quantitative estimate of drug-likeness (QED) is 0.325. The Morgan fingerprint density at radius 1 is 0.885 bits per heavy atom. The van der Waals surface area contributed by atoms with Crippen LogP contribution in [0.25, 0.3) is 5.65 Å². The van der Waals surface area contributed by atoms with Gasteiger partial charge in [-0.05, 0) is 18.2 Å². The van der Waals surface area contributed by atoms with Crippen LogP contribution in [0, 0.1) is 0 Å². The Balaban J connectivity index is 2.00. The summed E-state index contributed by atoms with van der Waals surface area (Å²) in [7, 11) is -2.18. The van der Waals surface area contributed by atoms with Gasteiger partial charge in [0.1, 0.15) is 19.3 Å². The van der Waals surface area contributed by atoms with Crippen molar-refractivity contribution in [3.63, 3.8) is 0 Å². The van der Waals surface area contributed by atoms with Crippen LogP contribution in [0.1, 0.15) is 0 Å². The van der Waals surface area contributed by atoms with E-state index in [-0.39, 0.29) is 0 Å². The average Bonchev–Trinajstić information content (AvgIpc) is 3.00. The minimum Gasteiger partial charge on any atom is -0.361 e. The maximum absolute atomic E-state index is 5.98. The molecule has 2 rings (SSSR count). The minimum absolute atomic E-state index is 0.496. The van der Waals surface area contributed by atoms with Crippen molar-refractivity contribution < 1.29 is 9.47 Å². The third-order valence-electron chi connectivity index (χ3n) is 4.08. The first kappa shape index (κ1) is 21.1. The van der Waals surface area contributed by atoms with E-state index in [1.807, 2.05) is 22.8 Å². The van der Waals surface area contributed by atoms with Crippen LogP contribution in [0.3, 0.4) is 0 Å². The highest BCUT2D eigenvalue weighted by Gasteiger charge is 2.16. The molecule has 0 fully saturated rings. The SMILES string of the molecule is C[Si](C)(C)CCOCN(COCC[Si](C)(C)C)c1ccnc2ccnn12. The summed E-state index contributed by atoms with van der Waals surface area (Å²) in [6.45, 7) is 16.8.